The highest BCUT2D eigenvalue weighted by Gasteiger charge is 1.97. The molecule has 0 fully saturated rings. The summed E-state index contributed by atoms with van der Waals surface area (Å²) in [6.45, 7) is 9.12. The van der Waals surface area contributed by atoms with Crippen LogP contribution in [0.2, 0.25) is 0 Å². The summed E-state index contributed by atoms with van der Waals surface area (Å²) >= 11 is 0. The van der Waals surface area contributed by atoms with E-state index in [-0.39, 0.29) is 6.10 Å². The molecule has 0 aliphatic carbocycles. The van der Waals surface area contributed by atoms with Crippen molar-refractivity contribution in [1.82, 2.24) is 0 Å². The van der Waals surface area contributed by atoms with E-state index in [1.165, 1.54) is 6.42 Å². The lowest BCUT2D eigenvalue weighted by Crippen LogP contribution is -2.22. The molecule has 5 heteroatoms. The van der Waals surface area contributed by atoms with Gasteiger partial charge in [0.15, 0.2) is 0 Å². The molecule has 18 heavy (non-hydrogen) atoms. The molecule has 0 aliphatic heterocycles. The number of rotatable bonds is 14. The normalized spacial score (nSPS) is 12.8. The second-order valence-electron chi connectivity index (χ2n) is 4.11. The molecule has 0 saturated heterocycles. The summed E-state index contributed by atoms with van der Waals surface area (Å²) < 4.78 is 21.4. The van der Waals surface area contributed by atoms with Crippen LogP contribution in [0.15, 0.2) is 0 Å². The van der Waals surface area contributed by atoms with Crippen LogP contribution in [0.3, 0.4) is 0 Å². The van der Waals surface area contributed by atoms with Crippen LogP contribution in [0.4, 0.5) is 0 Å². The molecule has 0 aromatic heterocycles. The third-order valence-electron chi connectivity index (χ3n) is 2.35. The van der Waals surface area contributed by atoms with Crippen molar-refractivity contribution >= 4 is 0 Å². The van der Waals surface area contributed by atoms with E-state index in [0.29, 0.717) is 46.2 Å². The molecular weight excluding hydrogens is 234 g/mol. The molecule has 0 aromatic rings. The van der Waals surface area contributed by atoms with Gasteiger partial charge in [0.1, 0.15) is 0 Å². The smallest absolute Gasteiger partial charge is 0.0704 e. The van der Waals surface area contributed by atoms with Gasteiger partial charge in [-0.1, -0.05) is 13.3 Å². The largest absolute Gasteiger partial charge is 0.379 e. The molecule has 0 radical (unpaired) electrons. The van der Waals surface area contributed by atoms with Gasteiger partial charge in [0.2, 0.25) is 0 Å². The molecule has 2 N–H and O–H groups in total. The van der Waals surface area contributed by atoms with Gasteiger partial charge in [-0.05, 0) is 13.3 Å². The number of nitrogens with two attached hydrogens (primary N) is 1. The van der Waals surface area contributed by atoms with Crippen LogP contribution in [0.1, 0.15) is 26.7 Å². The number of hydrogen-bond donors (Lipinski definition) is 1. The van der Waals surface area contributed by atoms with Crippen LogP contribution < -0.4 is 5.73 Å². The van der Waals surface area contributed by atoms with Crippen molar-refractivity contribution in [2.24, 2.45) is 5.73 Å². The predicted molar refractivity (Wildman–Crippen MR) is 71.8 cm³/mol. The lowest BCUT2D eigenvalue weighted by molar-refractivity contribution is -0.0134. The summed E-state index contributed by atoms with van der Waals surface area (Å²) in [5.41, 5.74) is 5.41. The molecule has 5 nitrogen and oxygen atoms in total. The van der Waals surface area contributed by atoms with Crippen molar-refractivity contribution in [3.05, 3.63) is 0 Å². The van der Waals surface area contributed by atoms with Gasteiger partial charge in [0, 0.05) is 13.2 Å². The molecule has 0 saturated carbocycles. The second kappa shape index (κ2) is 14.9. The molecule has 0 rings (SSSR count). The Balaban J connectivity index is 2.94. The monoisotopic (exact) mass is 263 g/mol. The van der Waals surface area contributed by atoms with Gasteiger partial charge in [-0.3, -0.25) is 0 Å². The van der Waals surface area contributed by atoms with Crippen molar-refractivity contribution < 1.29 is 18.9 Å². The molecule has 0 aromatic carbocycles. The molecular formula is C13H29NO4. The molecule has 0 heterocycles. The summed E-state index contributed by atoms with van der Waals surface area (Å²) in [5, 5.41) is 0. The zero-order valence-electron chi connectivity index (χ0n) is 11.9. The maximum Gasteiger partial charge on any atom is 0.0704 e. The Hall–Kier alpha value is -0.200. The van der Waals surface area contributed by atoms with Crippen LogP contribution in [0, 0.1) is 0 Å². The van der Waals surface area contributed by atoms with Crippen molar-refractivity contribution in [3.8, 4) is 0 Å². The first-order chi connectivity index (χ1) is 8.81. The van der Waals surface area contributed by atoms with E-state index in [4.69, 9.17) is 24.7 Å². The van der Waals surface area contributed by atoms with Gasteiger partial charge in [-0.2, -0.15) is 0 Å². The van der Waals surface area contributed by atoms with Gasteiger partial charge in [-0.15, -0.1) is 0 Å². The maximum atomic E-state index is 5.41. The highest BCUT2D eigenvalue weighted by molar-refractivity contribution is 4.47. The average molecular weight is 263 g/mol. The van der Waals surface area contributed by atoms with Crippen LogP contribution >= 0.6 is 0 Å². The minimum Gasteiger partial charge on any atom is -0.379 e. The van der Waals surface area contributed by atoms with Crippen LogP contribution in [-0.4, -0.2) is 58.9 Å². The lowest BCUT2D eigenvalue weighted by atomic mass is 10.4. The van der Waals surface area contributed by atoms with E-state index in [9.17, 15) is 0 Å². The van der Waals surface area contributed by atoms with Gasteiger partial charge in [0.05, 0.1) is 45.7 Å². The molecule has 0 aliphatic rings. The fourth-order valence-corrected chi connectivity index (χ4v) is 1.16. The third kappa shape index (κ3) is 13.9. The van der Waals surface area contributed by atoms with Crippen molar-refractivity contribution in [2.75, 3.05) is 52.8 Å². The van der Waals surface area contributed by atoms with Crippen molar-refractivity contribution in [3.63, 3.8) is 0 Å². The Bertz CT molecular complexity index is 158. The molecule has 1 atom stereocenters. The highest BCUT2D eigenvalue weighted by Crippen LogP contribution is 1.89. The van der Waals surface area contributed by atoms with Gasteiger partial charge >= 0.3 is 0 Å². The maximum absolute atomic E-state index is 5.41. The van der Waals surface area contributed by atoms with Gasteiger partial charge < -0.3 is 24.7 Å². The lowest BCUT2D eigenvalue weighted by Gasteiger charge is -2.10. The summed E-state index contributed by atoms with van der Waals surface area (Å²) in [5.74, 6) is 0. The number of hydrogen-bond acceptors (Lipinski definition) is 5. The molecule has 1 unspecified atom stereocenters. The van der Waals surface area contributed by atoms with Crippen LogP contribution in [0.5, 0.6) is 0 Å². The molecule has 0 bridgehead atoms. The second-order valence-corrected chi connectivity index (χ2v) is 4.11. The first kappa shape index (κ1) is 17.8. The summed E-state index contributed by atoms with van der Waals surface area (Å²) in [6.07, 6.45) is 2.38. The van der Waals surface area contributed by atoms with E-state index in [0.717, 1.165) is 13.0 Å². The molecule has 0 spiro atoms. The van der Waals surface area contributed by atoms with E-state index in [1.54, 1.807) is 0 Å². The Morgan fingerprint density at radius 2 is 1.33 bits per heavy atom. The van der Waals surface area contributed by atoms with E-state index in [2.05, 4.69) is 6.92 Å². The fourth-order valence-electron chi connectivity index (χ4n) is 1.16. The van der Waals surface area contributed by atoms with Crippen LogP contribution in [-0.2, 0) is 18.9 Å². The van der Waals surface area contributed by atoms with Gasteiger partial charge in [0.25, 0.3) is 0 Å². The first-order valence-electron chi connectivity index (χ1n) is 6.86. The van der Waals surface area contributed by atoms with Crippen LogP contribution in [0.25, 0.3) is 0 Å². The first-order valence-corrected chi connectivity index (χ1v) is 6.86. The van der Waals surface area contributed by atoms with Gasteiger partial charge in [-0.25, -0.2) is 0 Å². The molecule has 110 valence electrons. The minimum absolute atomic E-state index is 0.102. The summed E-state index contributed by atoms with van der Waals surface area (Å²) in [4.78, 5) is 0. The molecule has 0 amide bonds. The Morgan fingerprint density at radius 1 is 0.833 bits per heavy atom. The zero-order valence-corrected chi connectivity index (χ0v) is 11.9. The minimum atomic E-state index is 0.102. The van der Waals surface area contributed by atoms with E-state index in [1.807, 2.05) is 6.92 Å². The number of ether oxygens (including phenoxy) is 4. The van der Waals surface area contributed by atoms with E-state index < -0.39 is 0 Å². The SMILES string of the molecule is CCCCOCCOCCOCCOC(C)CN. The summed E-state index contributed by atoms with van der Waals surface area (Å²) in [7, 11) is 0. The Morgan fingerprint density at radius 3 is 1.83 bits per heavy atom. The summed E-state index contributed by atoms with van der Waals surface area (Å²) in [6, 6.07) is 0. The third-order valence-corrected chi connectivity index (χ3v) is 2.35. The fraction of sp³-hybridized carbons (Fsp3) is 1.00. The number of unbranched alkanes of at least 4 members (excludes halogenated alkanes) is 1. The zero-order chi connectivity index (χ0) is 13.5. The highest BCUT2D eigenvalue weighted by atomic mass is 16.6. The quantitative estimate of drug-likeness (QED) is 0.477. The Labute approximate surface area is 111 Å². The van der Waals surface area contributed by atoms with E-state index >= 15 is 0 Å². The Kier molecular flexibility index (Phi) is 14.7. The standard InChI is InChI=1S/C13H29NO4/c1-3-4-5-15-6-7-16-8-9-17-10-11-18-13(2)12-14/h13H,3-12,14H2,1-2H3. The van der Waals surface area contributed by atoms with Crippen molar-refractivity contribution in [1.29, 1.82) is 0 Å². The topological polar surface area (TPSA) is 62.9 Å². The predicted octanol–water partition coefficient (Wildman–Crippen LogP) is 1.20. The van der Waals surface area contributed by atoms with Crippen molar-refractivity contribution in [2.45, 2.75) is 32.8 Å². The average Bonchev–Trinajstić information content (AvgIpc) is 2.39.